The minimum absolute atomic E-state index is 0.226. The molecule has 0 atom stereocenters. The van der Waals surface area contributed by atoms with Gasteiger partial charge < -0.3 is 4.74 Å². The van der Waals surface area contributed by atoms with Gasteiger partial charge in [0, 0.05) is 19.5 Å². The van der Waals surface area contributed by atoms with Gasteiger partial charge in [-0.25, -0.2) is 9.44 Å². The van der Waals surface area contributed by atoms with Crippen LogP contribution in [-0.4, -0.2) is 34.1 Å². The van der Waals surface area contributed by atoms with Crippen molar-refractivity contribution in [2.75, 3.05) is 19.7 Å². The summed E-state index contributed by atoms with van der Waals surface area (Å²) in [7, 11) is -3.41. The standard InChI is InChI=1S/C9H20N2O4S/c1-3-7-10-16(13,14)11-8-5-6-9(12)15-4-2/h10-11H,3-8H2,1-2H3. The van der Waals surface area contributed by atoms with E-state index >= 15 is 0 Å². The lowest BCUT2D eigenvalue weighted by atomic mass is 10.3. The van der Waals surface area contributed by atoms with Crippen LogP contribution in [0.5, 0.6) is 0 Å². The Morgan fingerprint density at radius 2 is 1.81 bits per heavy atom. The summed E-state index contributed by atoms with van der Waals surface area (Å²) in [5, 5.41) is 0. The van der Waals surface area contributed by atoms with Gasteiger partial charge in [-0.15, -0.1) is 0 Å². The van der Waals surface area contributed by atoms with Gasteiger partial charge >= 0.3 is 5.97 Å². The molecular weight excluding hydrogens is 232 g/mol. The lowest BCUT2D eigenvalue weighted by Crippen LogP contribution is -2.37. The molecule has 0 heterocycles. The molecule has 0 aliphatic heterocycles. The summed E-state index contributed by atoms with van der Waals surface area (Å²) in [6, 6.07) is 0. The van der Waals surface area contributed by atoms with E-state index in [0.717, 1.165) is 6.42 Å². The Morgan fingerprint density at radius 3 is 2.38 bits per heavy atom. The second-order valence-corrected chi connectivity index (χ2v) is 4.78. The zero-order chi connectivity index (χ0) is 12.4. The quantitative estimate of drug-likeness (QED) is 0.452. The third-order valence-electron chi connectivity index (χ3n) is 1.70. The summed E-state index contributed by atoms with van der Waals surface area (Å²) in [4.78, 5) is 10.9. The van der Waals surface area contributed by atoms with Crippen LogP contribution in [0.3, 0.4) is 0 Å². The highest BCUT2D eigenvalue weighted by atomic mass is 32.2. The third-order valence-corrected chi connectivity index (χ3v) is 2.87. The second kappa shape index (κ2) is 8.49. The van der Waals surface area contributed by atoms with Gasteiger partial charge in [0.15, 0.2) is 0 Å². The Bertz CT molecular complexity index is 290. The molecule has 0 rings (SSSR count). The number of nitrogens with one attached hydrogen (secondary N) is 2. The Morgan fingerprint density at radius 1 is 1.19 bits per heavy atom. The first-order chi connectivity index (χ1) is 7.52. The molecule has 0 radical (unpaired) electrons. The zero-order valence-corrected chi connectivity index (χ0v) is 10.6. The summed E-state index contributed by atoms with van der Waals surface area (Å²) in [6.45, 7) is 4.60. The van der Waals surface area contributed by atoms with Gasteiger partial charge in [0.1, 0.15) is 0 Å². The summed E-state index contributed by atoms with van der Waals surface area (Å²) in [6.07, 6.45) is 1.40. The van der Waals surface area contributed by atoms with Gasteiger partial charge in [-0.1, -0.05) is 6.92 Å². The van der Waals surface area contributed by atoms with E-state index in [1.807, 2.05) is 6.92 Å². The maximum atomic E-state index is 11.2. The van der Waals surface area contributed by atoms with E-state index in [4.69, 9.17) is 4.74 Å². The van der Waals surface area contributed by atoms with Crippen LogP contribution in [0.25, 0.3) is 0 Å². The van der Waals surface area contributed by atoms with Crippen LogP contribution in [-0.2, 0) is 19.7 Å². The number of hydrogen-bond donors (Lipinski definition) is 2. The van der Waals surface area contributed by atoms with Gasteiger partial charge in [0.2, 0.25) is 0 Å². The molecular formula is C9H20N2O4S. The van der Waals surface area contributed by atoms with Crippen LogP contribution in [0.15, 0.2) is 0 Å². The van der Waals surface area contributed by atoms with Crippen LogP contribution in [0, 0.1) is 0 Å². The molecule has 0 aliphatic carbocycles. The summed E-state index contributed by atoms with van der Waals surface area (Å²) >= 11 is 0. The fourth-order valence-electron chi connectivity index (χ4n) is 0.960. The maximum absolute atomic E-state index is 11.2. The van der Waals surface area contributed by atoms with Crippen molar-refractivity contribution >= 4 is 16.2 Å². The highest BCUT2D eigenvalue weighted by molar-refractivity contribution is 7.87. The number of esters is 1. The van der Waals surface area contributed by atoms with Crippen molar-refractivity contribution in [2.45, 2.75) is 33.1 Å². The largest absolute Gasteiger partial charge is 0.466 e. The number of hydrogen-bond acceptors (Lipinski definition) is 4. The number of rotatable bonds is 9. The molecule has 0 aromatic carbocycles. The molecule has 0 aliphatic rings. The molecule has 2 N–H and O–H groups in total. The van der Waals surface area contributed by atoms with Crippen molar-refractivity contribution in [1.82, 2.24) is 9.44 Å². The lowest BCUT2D eigenvalue weighted by molar-refractivity contribution is -0.143. The van der Waals surface area contributed by atoms with E-state index in [2.05, 4.69) is 9.44 Å². The van der Waals surface area contributed by atoms with Gasteiger partial charge in [-0.3, -0.25) is 4.79 Å². The van der Waals surface area contributed by atoms with Gasteiger partial charge in [-0.2, -0.15) is 8.42 Å². The minimum atomic E-state index is -3.41. The predicted molar refractivity (Wildman–Crippen MR) is 61.1 cm³/mol. The SMILES string of the molecule is CCCNS(=O)(=O)NCCCC(=O)OCC. The zero-order valence-electron chi connectivity index (χ0n) is 9.78. The van der Waals surface area contributed by atoms with Crippen molar-refractivity contribution in [3.8, 4) is 0 Å². The molecule has 0 unspecified atom stereocenters. The molecule has 0 aromatic heterocycles. The number of ether oxygens (including phenoxy) is 1. The van der Waals surface area contributed by atoms with Crippen LogP contribution in [0.1, 0.15) is 33.1 Å². The first-order valence-electron chi connectivity index (χ1n) is 5.41. The summed E-state index contributed by atoms with van der Waals surface area (Å²) < 4.78 is 31.9. The predicted octanol–water partition coefficient (Wildman–Crippen LogP) is 0.164. The second-order valence-electron chi connectivity index (χ2n) is 3.20. The highest BCUT2D eigenvalue weighted by Gasteiger charge is 2.07. The Balaban J connectivity index is 3.61. The normalized spacial score (nSPS) is 11.4. The van der Waals surface area contributed by atoms with Crippen molar-refractivity contribution in [3.63, 3.8) is 0 Å². The van der Waals surface area contributed by atoms with E-state index in [1.165, 1.54) is 0 Å². The molecule has 7 heteroatoms. The summed E-state index contributed by atoms with van der Waals surface area (Å²) in [5.74, 6) is -0.303. The smallest absolute Gasteiger partial charge is 0.305 e. The molecule has 0 bridgehead atoms. The average Bonchev–Trinajstić information content (AvgIpc) is 2.22. The van der Waals surface area contributed by atoms with E-state index in [-0.39, 0.29) is 18.9 Å². The molecule has 96 valence electrons. The summed E-state index contributed by atoms with van der Waals surface area (Å²) in [5.41, 5.74) is 0. The molecule has 6 nitrogen and oxygen atoms in total. The topological polar surface area (TPSA) is 84.5 Å². The van der Waals surface area contributed by atoms with E-state index < -0.39 is 10.2 Å². The monoisotopic (exact) mass is 252 g/mol. The van der Waals surface area contributed by atoms with E-state index in [0.29, 0.717) is 19.6 Å². The van der Waals surface area contributed by atoms with Crippen molar-refractivity contribution in [1.29, 1.82) is 0 Å². The van der Waals surface area contributed by atoms with Crippen LogP contribution in [0.2, 0.25) is 0 Å². The molecule has 0 spiro atoms. The molecule has 16 heavy (non-hydrogen) atoms. The van der Waals surface area contributed by atoms with Crippen LogP contribution >= 0.6 is 0 Å². The van der Waals surface area contributed by atoms with Crippen molar-refractivity contribution < 1.29 is 17.9 Å². The molecule has 0 amide bonds. The van der Waals surface area contributed by atoms with Gasteiger partial charge in [-0.05, 0) is 19.8 Å². The lowest BCUT2D eigenvalue weighted by Gasteiger charge is -2.06. The molecule has 0 saturated heterocycles. The van der Waals surface area contributed by atoms with Crippen molar-refractivity contribution in [2.24, 2.45) is 0 Å². The molecule has 0 saturated carbocycles. The third kappa shape index (κ3) is 8.63. The van der Waals surface area contributed by atoms with E-state index in [1.54, 1.807) is 6.92 Å². The van der Waals surface area contributed by atoms with Crippen molar-refractivity contribution in [3.05, 3.63) is 0 Å². The first-order valence-corrected chi connectivity index (χ1v) is 6.90. The number of carbonyl (C=O) groups excluding carboxylic acids is 1. The van der Waals surface area contributed by atoms with Crippen LogP contribution < -0.4 is 9.44 Å². The van der Waals surface area contributed by atoms with E-state index in [9.17, 15) is 13.2 Å². The molecule has 0 fully saturated rings. The number of carbonyl (C=O) groups is 1. The van der Waals surface area contributed by atoms with Gasteiger partial charge in [0.25, 0.3) is 10.2 Å². The maximum Gasteiger partial charge on any atom is 0.305 e. The Kier molecular flexibility index (Phi) is 8.14. The average molecular weight is 252 g/mol. The highest BCUT2D eigenvalue weighted by Crippen LogP contribution is 1.92. The van der Waals surface area contributed by atoms with Gasteiger partial charge in [0.05, 0.1) is 6.61 Å². The Labute approximate surface area is 96.9 Å². The minimum Gasteiger partial charge on any atom is -0.466 e. The fourth-order valence-corrected chi connectivity index (χ4v) is 1.95. The molecule has 0 aromatic rings. The van der Waals surface area contributed by atoms with Crippen LogP contribution in [0.4, 0.5) is 0 Å². The fraction of sp³-hybridized carbons (Fsp3) is 0.889. The Hall–Kier alpha value is -0.660. The first kappa shape index (κ1) is 15.3.